The van der Waals surface area contributed by atoms with E-state index in [0.717, 1.165) is 11.3 Å². The van der Waals surface area contributed by atoms with Gasteiger partial charge in [0.1, 0.15) is 0 Å². The molecule has 2 N–H and O–H groups in total. The van der Waals surface area contributed by atoms with Crippen LogP contribution in [0.15, 0.2) is 24.3 Å². The van der Waals surface area contributed by atoms with Crippen LogP contribution in [0.5, 0.6) is 0 Å². The van der Waals surface area contributed by atoms with Gasteiger partial charge in [0.05, 0.1) is 22.3 Å². The second kappa shape index (κ2) is 4.40. The van der Waals surface area contributed by atoms with Crippen LogP contribution >= 0.6 is 11.6 Å². The van der Waals surface area contributed by atoms with E-state index in [2.05, 4.69) is 9.97 Å². The molecule has 84 valence electrons. The van der Waals surface area contributed by atoms with Gasteiger partial charge in [0.25, 0.3) is 0 Å². The van der Waals surface area contributed by atoms with Crippen LogP contribution in [0, 0.1) is 18.3 Å². The third kappa shape index (κ3) is 2.35. The molecule has 2 rings (SSSR count). The number of nitrogens with two attached hydrogens (primary N) is 1. The van der Waals surface area contributed by atoms with E-state index >= 15 is 0 Å². The standard InChI is InChI=1S/C12H9ClN4/c1-7-4-11(17-12(15)16-7)9-3-2-8(6-14)5-10(9)13/h2-5H,1H3,(H2,15,16,17). The van der Waals surface area contributed by atoms with Gasteiger partial charge in [-0.3, -0.25) is 0 Å². The average Bonchev–Trinajstić information content (AvgIpc) is 2.27. The summed E-state index contributed by atoms with van der Waals surface area (Å²) in [6.07, 6.45) is 0. The minimum Gasteiger partial charge on any atom is -0.368 e. The molecule has 0 aliphatic rings. The third-order valence-electron chi connectivity index (χ3n) is 2.25. The Labute approximate surface area is 104 Å². The number of rotatable bonds is 1. The molecule has 0 saturated carbocycles. The van der Waals surface area contributed by atoms with Gasteiger partial charge in [-0.05, 0) is 31.2 Å². The summed E-state index contributed by atoms with van der Waals surface area (Å²) in [6, 6.07) is 8.87. The van der Waals surface area contributed by atoms with Crippen LogP contribution in [-0.2, 0) is 0 Å². The van der Waals surface area contributed by atoms with E-state index in [-0.39, 0.29) is 5.95 Å². The number of anilines is 1. The summed E-state index contributed by atoms with van der Waals surface area (Å²) in [6.45, 7) is 1.83. The molecular weight excluding hydrogens is 236 g/mol. The molecule has 0 bridgehead atoms. The van der Waals surface area contributed by atoms with Crippen molar-refractivity contribution in [3.8, 4) is 17.3 Å². The van der Waals surface area contributed by atoms with E-state index in [1.54, 1.807) is 24.3 Å². The fourth-order valence-corrected chi connectivity index (χ4v) is 1.80. The maximum absolute atomic E-state index is 8.76. The SMILES string of the molecule is Cc1cc(-c2ccc(C#N)cc2Cl)nc(N)n1. The topological polar surface area (TPSA) is 75.6 Å². The summed E-state index contributed by atoms with van der Waals surface area (Å²) in [5.74, 6) is 0.209. The molecule has 0 amide bonds. The number of aromatic nitrogens is 2. The van der Waals surface area contributed by atoms with Crippen LogP contribution in [0.3, 0.4) is 0 Å². The normalized spacial score (nSPS) is 9.94. The molecule has 4 nitrogen and oxygen atoms in total. The molecule has 5 heteroatoms. The van der Waals surface area contributed by atoms with E-state index in [0.29, 0.717) is 16.3 Å². The molecule has 0 spiro atoms. The molecular formula is C12H9ClN4. The predicted octanol–water partition coefficient (Wildman–Crippen LogP) is 2.56. The van der Waals surface area contributed by atoms with Crippen LogP contribution in [0.1, 0.15) is 11.3 Å². The van der Waals surface area contributed by atoms with Gasteiger partial charge in [0.15, 0.2) is 0 Å². The molecule has 0 atom stereocenters. The van der Waals surface area contributed by atoms with Crippen LogP contribution in [0.25, 0.3) is 11.3 Å². The maximum atomic E-state index is 8.76. The van der Waals surface area contributed by atoms with Gasteiger partial charge in [-0.15, -0.1) is 0 Å². The van der Waals surface area contributed by atoms with Gasteiger partial charge < -0.3 is 5.73 Å². The number of nitrogen functional groups attached to an aromatic ring is 1. The first kappa shape index (κ1) is 11.4. The third-order valence-corrected chi connectivity index (χ3v) is 2.56. The lowest BCUT2D eigenvalue weighted by Crippen LogP contribution is -1.98. The van der Waals surface area contributed by atoms with Crippen molar-refractivity contribution in [2.45, 2.75) is 6.92 Å². The van der Waals surface area contributed by atoms with Gasteiger partial charge in [-0.1, -0.05) is 11.6 Å². The highest BCUT2D eigenvalue weighted by molar-refractivity contribution is 6.33. The monoisotopic (exact) mass is 244 g/mol. The largest absolute Gasteiger partial charge is 0.368 e. The van der Waals surface area contributed by atoms with Gasteiger partial charge in [-0.25, -0.2) is 9.97 Å². The molecule has 0 aliphatic heterocycles. The van der Waals surface area contributed by atoms with E-state index in [4.69, 9.17) is 22.6 Å². The van der Waals surface area contributed by atoms with Crippen LogP contribution in [-0.4, -0.2) is 9.97 Å². The molecule has 0 fully saturated rings. The maximum Gasteiger partial charge on any atom is 0.220 e. The first-order valence-corrected chi connectivity index (χ1v) is 5.29. The fourth-order valence-electron chi connectivity index (χ4n) is 1.52. The van der Waals surface area contributed by atoms with Crippen molar-refractivity contribution in [1.29, 1.82) is 5.26 Å². The first-order chi connectivity index (χ1) is 8.10. The zero-order chi connectivity index (χ0) is 12.4. The Kier molecular flexibility index (Phi) is 2.94. The molecule has 1 aromatic carbocycles. The quantitative estimate of drug-likeness (QED) is 0.837. The molecule has 0 saturated heterocycles. The molecule has 2 aromatic rings. The van der Waals surface area contributed by atoms with Crippen LogP contribution in [0.2, 0.25) is 5.02 Å². The van der Waals surface area contributed by atoms with Crippen molar-refractivity contribution in [1.82, 2.24) is 9.97 Å². The summed E-state index contributed by atoms with van der Waals surface area (Å²) >= 11 is 6.10. The lowest BCUT2D eigenvalue weighted by atomic mass is 10.1. The smallest absolute Gasteiger partial charge is 0.220 e. The molecule has 17 heavy (non-hydrogen) atoms. The number of aryl methyl sites for hydroxylation is 1. The van der Waals surface area contributed by atoms with E-state index in [9.17, 15) is 0 Å². The van der Waals surface area contributed by atoms with Gasteiger partial charge in [0.2, 0.25) is 5.95 Å². The van der Waals surface area contributed by atoms with Crippen molar-refractivity contribution in [3.05, 3.63) is 40.5 Å². The summed E-state index contributed by atoms with van der Waals surface area (Å²) in [5.41, 5.74) is 8.26. The molecule has 0 aliphatic carbocycles. The average molecular weight is 245 g/mol. The zero-order valence-corrected chi connectivity index (χ0v) is 9.86. The Bertz CT molecular complexity index is 596. The lowest BCUT2D eigenvalue weighted by molar-refractivity contribution is 1.12. The Morgan fingerprint density at radius 2 is 2.06 bits per heavy atom. The highest BCUT2D eigenvalue weighted by atomic mass is 35.5. The highest BCUT2D eigenvalue weighted by Gasteiger charge is 2.07. The Balaban J connectivity index is 2.57. The second-order valence-electron chi connectivity index (χ2n) is 3.56. The number of nitrogens with zero attached hydrogens (tertiary/aromatic N) is 3. The van der Waals surface area contributed by atoms with Crippen molar-refractivity contribution >= 4 is 17.5 Å². The number of nitriles is 1. The van der Waals surface area contributed by atoms with Crippen molar-refractivity contribution in [2.75, 3.05) is 5.73 Å². The Morgan fingerprint density at radius 1 is 1.29 bits per heavy atom. The summed E-state index contributed by atoms with van der Waals surface area (Å²) in [7, 11) is 0. The molecule has 0 unspecified atom stereocenters. The minimum atomic E-state index is 0.209. The summed E-state index contributed by atoms with van der Waals surface area (Å²) in [5, 5.41) is 9.23. The summed E-state index contributed by atoms with van der Waals surface area (Å²) < 4.78 is 0. The van der Waals surface area contributed by atoms with E-state index < -0.39 is 0 Å². The second-order valence-corrected chi connectivity index (χ2v) is 3.97. The van der Waals surface area contributed by atoms with Crippen LogP contribution < -0.4 is 5.73 Å². The Morgan fingerprint density at radius 3 is 2.65 bits per heavy atom. The van der Waals surface area contributed by atoms with Crippen molar-refractivity contribution in [2.24, 2.45) is 0 Å². The molecule has 0 radical (unpaired) electrons. The predicted molar refractivity (Wildman–Crippen MR) is 66.3 cm³/mol. The zero-order valence-electron chi connectivity index (χ0n) is 9.11. The number of hydrogen-bond donors (Lipinski definition) is 1. The van der Waals surface area contributed by atoms with E-state index in [1.807, 2.05) is 13.0 Å². The van der Waals surface area contributed by atoms with Crippen LogP contribution in [0.4, 0.5) is 5.95 Å². The van der Waals surface area contributed by atoms with Gasteiger partial charge in [0, 0.05) is 11.3 Å². The molecule has 1 heterocycles. The van der Waals surface area contributed by atoms with E-state index in [1.165, 1.54) is 0 Å². The number of halogens is 1. The highest BCUT2D eigenvalue weighted by Crippen LogP contribution is 2.27. The lowest BCUT2D eigenvalue weighted by Gasteiger charge is -2.05. The van der Waals surface area contributed by atoms with Gasteiger partial charge >= 0.3 is 0 Å². The van der Waals surface area contributed by atoms with Crippen molar-refractivity contribution < 1.29 is 0 Å². The minimum absolute atomic E-state index is 0.209. The first-order valence-electron chi connectivity index (χ1n) is 4.91. The van der Waals surface area contributed by atoms with Gasteiger partial charge in [-0.2, -0.15) is 5.26 Å². The van der Waals surface area contributed by atoms with Crippen molar-refractivity contribution in [3.63, 3.8) is 0 Å². The number of benzene rings is 1. The summed E-state index contributed by atoms with van der Waals surface area (Å²) in [4.78, 5) is 8.11. The molecule has 1 aromatic heterocycles. The Hall–Kier alpha value is -2.12. The fraction of sp³-hybridized carbons (Fsp3) is 0.0833. The number of hydrogen-bond acceptors (Lipinski definition) is 4.